The lowest BCUT2D eigenvalue weighted by Crippen LogP contribution is -2.40. The molecule has 0 aliphatic carbocycles. The maximum Gasteiger partial charge on any atom is 0.278 e. The highest BCUT2D eigenvalue weighted by molar-refractivity contribution is 7.93. The number of benzene rings is 3. The van der Waals surface area contributed by atoms with Gasteiger partial charge in [0.15, 0.2) is 6.61 Å². The van der Waals surface area contributed by atoms with E-state index < -0.39 is 27.5 Å². The van der Waals surface area contributed by atoms with Crippen molar-refractivity contribution >= 4 is 27.3 Å². The Kier molecular flexibility index (Phi) is 6.12. The molecule has 8 nitrogen and oxygen atoms in total. The predicted molar refractivity (Wildman–Crippen MR) is 111 cm³/mol. The molecular formula is C21H18N2O6S. The van der Waals surface area contributed by atoms with Gasteiger partial charge < -0.3 is 4.74 Å². The molecule has 0 radical (unpaired) electrons. The Hall–Kier alpha value is -3.72. The van der Waals surface area contributed by atoms with Gasteiger partial charge in [0.05, 0.1) is 15.5 Å². The second kappa shape index (κ2) is 8.75. The van der Waals surface area contributed by atoms with Gasteiger partial charge in [-0.2, -0.15) is 4.31 Å². The van der Waals surface area contributed by atoms with Gasteiger partial charge in [-0.3, -0.25) is 14.9 Å². The van der Waals surface area contributed by atoms with Gasteiger partial charge in [-0.1, -0.05) is 35.9 Å². The normalized spacial score (nSPS) is 11.0. The lowest BCUT2D eigenvalue weighted by Gasteiger charge is -2.23. The van der Waals surface area contributed by atoms with Crippen LogP contribution in [0.1, 0.15) is 5.56 Å². The van der Waals surface area contributed by atoms with Gasteiger partial charge in [0.2, 0.25) is 0 Å². The number of ether oxygens (including phenoxy) is 1. The van der Waals surface area contributed by atoms with Crippen molar-refractivity contribution in [3.05, 3.63) is 94.5 Å². The summed E-state index contributed by atoms with van der Waals surface area (Å²) < 4.78 is 32.4. The number of nitro groups is 1. The lowest BCUT2D eigenvalue weighted by molar-refractivity contribution is -0.384. The summed E-state index contributed by atoms with van der Waals surface area (Å²) in [5.74, 6) is -0.601. The average molecular weight is 426 g/mol. The summed E-state index contributed by atoms with van der Waals surface area (Å²) in [6.07, 6.45) is 0. The van der Waals surface area contributed by atoms with Gasteiger partial charge in [-0.15, -0.1) is 0 Å². The highest BCUT2D eigenvalue weighted by Crippen LogP contribution is 2.25. The highest BCUT2D eigenvalue weighted by Gasteiger charge is 2.31. The van der Waals surface area contributed by atoms with E-state index in [2.05, 4.69) is 0 Å². The monoisotopic (exact) mass is 426 g/mol. The van der Waals surface area contributed by atoms with Crippen molar-refractivity contribution in [2.75, 3.05) is 10.9 Å². The molecule has 0 spiro atoms. The fraction of sp³-hybridized carbons (Fsp3) is 0.0952. The number of amides is 1. The molecule has 0 heterocycles. The summed E-state index contributed by atoms with van der Waals surface area (Å²) in [5, 5.41) is 10.7. The zero-order valence-electron chi connectivity index (χ0n) is 16.0. The first kappa shape index (κ1) is 21.0. The Labute approximate surface area is 173 Å². The molecular weight excluding hydrogens is 408 g/mol. The van der Waals surface area contributed by atoms with E-state index in [1.165, 1.54) is 36.4 Å². The highest BCUT2D eigenvalue weighted by atomic mass is 32.2. The largest absolute Gasteiger partial charge is 0.484 e. The van der Waals surface area contributed by atoms with E-state index in [0.29, 0.717) is 4.31 Å². The van der Waals surface area contributed by atoms with Crippen molar-refractivity contribution in [1.29, 1.82) is 0 Å². The average Bonchev–Trinajstić information content (AvgIpc) is 2.74. The van der Waals surface area contributed by atoms with Crippen LogP contribution in [0.5, 0.6) is 5.75 Å². The third-order valence-corrected chi connectivity index (χ3v) is 5.95. The summed E-state index contributed by atoms with van der Waals surface area (Å²) in [4.78, 5) is 23.1. The molecule has 3 aromatic carbocycles. The number of aryl methyl sites for hydroxylation is 1. The third-order valence-electron chi connectivity index (χ3n) is 4.19. The molecule has 0 fully saturated rings. The summed E-state index contributed by atoms with van der Waals surface area (Å²) in [5.41, 5.74) is 0.966. The van der Waals surface area contributed by atoms with Crippen LogP contribution in [-0.4, -0.2) is 25.9 Å². The smallest absolute Gasteiger partial charge is 0.278 e. The summed E-state index contributed by atoms with van der Waals surface area (Å²) in [7, 11) is -4.17. The summed E-state index contributed by atoms with van der Waals surface area (Å²) in [6, 6.07) is 19.3. The Morgan fingerprint density at radius 2 is 1.57 bits per heavy atom. The minimum absolute atomic E-state index is 0.0331. The van der Waals surface area contributed by atoms with Crippen LogP contribution in [0.3, 0.4) is 0 Å². The van der Waals surface area contributed by atoms with Crippen LogP contribution in [0.2, 0.25) is 0 Å². The number of nitrogens with zero attached hydrogens (tertiary/aromatic N) is 2. The molecule has 0 bridgehead atoms. The Morgan fingerprint density at radius 3 is 2.13 bits per heavy atom. The van der Waals surface area contributed by atoms with E-state index in [-0.39, 0.29) is 22.0 Å². The van der Waals surface area contributed by atoms with E-state index in [0.717, 1.165) is 5.56 Å². The van der Waals surface area contributed by atoms with Crippen LogP contribution >= 0.6 is 0 Å². The maximum absolute atomic E-state index is 13.2. The first-order valence-corrected chi connectivity index (χ1v) is 10.3. The molecule has 9 heteroatoms. The van der Waals surface area contributed by atoms with Crippen molar-refractivity contribution < 1.29 is 22.9 Å². The molecule has 0 aromatic heterocycles. The fourth-order valence-corrected chi connectivity index (χ4v) is 4.09. The molecule has 0 saturated heterocycles. The number of carbonyl (C=O) groups excluding carboxylic acids is 1. The zero-order chi connectivity index (χ0) is 21.7. The fourth-order valence-electron chi connectivity index (χ4n) is 2.66. The number of non-ortho nitro benzene ring substituents is 1. The third kappa shape index (κ3) is 4.64. The van der Waals surface area contributed by atoms with E-state index in [1.807, 2.05) is 6.92 Å². The molecule has 154 valence electrons. The van der Waals surface area contributed by atoms with Gasteiger partial charge in [0.25, 0.3) is 21.6 Å². The van der Waals surface area contributed by atoms with Crippen molar-refractivity contribution in [2.45, 2.75) is 11.8 Å². The van der Waals surface area contributed by atoms with Crippen molar-refractivity contribution in [3.63, 3.8) is 0 Å². The SMILES string of the molecule is Cc1ccc(N(C(=O)COc2ccc([N+](=O)[O-])cc2)S(=O)(=O)c2ccccc2)cc1. The quantitative estimate of drug-likeness (QED) is 0.421. The molecule has 0 unspecified atom stereocenters. The Bertz CT molecular complexity index is 1140. The number of carbonyl (C=O) groups is 1. The molecule has 3 rings (SSSR count). The number of sulfonamides is 1. The second-order valence-corrected chi connectivity index (χ2v) is 8.14. The zero-order valence-corrected chi connectivity index (χ0v) is 16.8. The standard InChI is InChI=1S/C21H18N2O6S/c1-16-7-9-17(10-8-16)22(30(27,28)20-5-3-2-4-6-20)21(24)15-29-19-13-11-18(12-14-19)23(25)26/h2-14H,15H2,1H3. The Morgan fingerprint density at radius 1 is 0.967 bits per heavy atom. The van der Waals surface area contributed by atoms with Crippen LogP contribution in [0.4, 0.5) is 11.4 Å². The second-order valence-electron chi connectivity index (χ2n) is 6.35. The Balaban J connectivity index is 1.89. The minimum atomic E-state index is -4.17. The maximum atomic E-state index is 13.2. The van der Waals surface area contributed by atoms with Crippen LogP contribution in [0.15, 0.2) is 83.8 Å². The molecule has 0 saturated carbocycles. The summed E-state index contributed by atoms with van der Waals surface area (Å²) in [6.45, 7) is 1.27. The van der Waals surface area contributed by atoms with Gasteiger partial charge in [-0.05, 0) is 43.3 Å². The molecule has 1 amide bonds. The van der Waals surface area contributed by atoms with Gasteiger partial charge in [0.1, 0.15) is 5.75 Å². The molecule has 0 aliphatic heterocycles. The lowest BCUT2D eigenvalue weighted by atomic mass is 10.2. The number of hydrogen-bond donors (Lipinski definition) is 0. The van der Waals surface area contributed by atoms with Crippen LogP contribution < -0.4 is 9.04 Å². The van der Waals surface area contributed by atoms with Gasteiger partial charge in [0, 0.05) is 12.1 Å². The first-order valence-electron chi connectivity index (χ1n) is 8.86. The van der Waals surface area contributed by atoms with E-state index in [9.17, 15) is 23.3 Å². The van der Waals surface area contributed by atoms with Crippen molar-refractivity contribution in [2.24, 2.45) is 0 Å². The molecule has 0 aliphatic rings. The summed E-state index contributed by atoms with van der Waals surface area (Å²) >= 11 is 0. The van der Waals surface area contributed by atoms with Crippen LogP contribution in [0, 0.1) is 17.0 Å². The van der Waals surface area contributed by atoms with E-state index in [1.54, 1.807) is 42.5 Å². The number of nitro benzene ring substituents is 1. The molecule has 0 N–H and O–H groups in total. The van der Waals surface area contributed by atoms with E-state index >= 15 is 0 Å². The number of rotatable bonds is 7. The molecule has 0 atom stereocenters. The molecule has 3 aromatic rings. The van der Waals surface area contributed by atoms with Gasteiger partial charge >= 0.3 is 0 Å². The van der Waals surface area contributed by atoms with Gasteiger partial charge in [-0.25, -0.2) is 8.42 Å². The van der Waals surface area contributed by atoms with E-state index in [4.69, 9.17) is 4.74 Å². The number of anilines is 1. The number of hydrogen-bond acceptors (Lipinski definition) is 6. The van der Waals surface area contributed by atoms with Crippen molar-refractivity contribution in [1.82, 2.24) is 0 Å². The first-order chi connectivity index (χ1) is 14.3. The predicted octanol–water partition coefficient (Wildman–Crippen LogP) is 3.70. The minimum Gasteiger partial charge on any atom is -0.484 e. The topological polar surface area (TPSA) is 107 Å². The molecule has 30 heavy (non-hydrogen) atoms. The van der Waals surface area contributed by atoms with Crippen LogP contribution in [0.25, 0.3) is 0 Å². The van der Waals surface area contributed by atoms with Crippen LogP contribution in [-0.2, 0) is 14.8 Å². The van der Waals surface area contributed by atoms with Crippen molar-refractivity contribution in [3.8, 4) is 5.75 Å².